The van der Waals surface area contributed by atoms with Crippen molar-refractivity contribution in [2.45, 2.75) is 50.9 Å². The zero-order valence-corrected chi connectivity index (χ0v) is 20.0. The second-order valence-corrected chi connectivity index (χ2v) is 9.69. The Morgan fingerprint density at radius 1 is 1.25 bits per heavy atom. The molecule has 9 nitrogen and oxygen atoms in total. The molecule has 3 atom stereocenters. The first-order valence-electron chi connectivity index (χ1n) is 11.9. The van der Waals surface area contributed by atoms with Crippen molar-refractivity contribution in [2.75, 3.05) is 26.4 Å². The summed E-state index contributed by atoms with van der Waals surface area (Å²) in [5.41, 5.74) is -2.50. The molecule has 2 saturated heterocycles. The number of carbonyl (C=O) groups excluding carboxylic acids is 2. The summed E-state index contributed by atoms with van der Waals surface area (Å²) in [6.07, 6.45) is 2.43. The van der Waals surface area contributed by atoms with Crippen LogP contribution in [0.15, 0.2) is 23.1 Å². The largest absolute Gasteiger partial charge is 0.503 e. The second kappa shape index (κ2) is 8.97. The van der Waals surface area contributed by atoms with Crippen molar-refractivity contribution in [1.29, 1.82) is 0 Å². The fraction of sp³-hybridized carbons (Fsp3) is 0.480. The lowest BCUT2D eigenvalue weighted by Crippen LogP contribution is -2.56. The number of carbonyl (C=O) groups is 2. The van der Waals surface area contributed by atoms with Crippen molar-refractivity contribution in [1.82, 2.24) is 14.8 Å². The van der Waals surface area contributed by atoms with Gasteiger partial charge in [0.1, 0.15) is 22.8 Å². The number of hydrogen-bond donors (Lipinski definition) is 2. The highest BCUT2D eigenvalue weighted by atomic mass is 19.1. The number of aryl methyl sites for hydroxylation is 1. The van der Waals surface area contributed by atoms with Crippen molar-refractivity contribution < 1.29 is 33.0 Å². The smallest absolute Gasteiger partial charge is 0.274 e. The lowest BCUT2D eigenvalue weighted by Gasteiger charge is -2.46. The van der Waals surface area contributed by atoms with E-state index in [4.69, 9.17) is 9.47 Å². The molecule has 5 rings (SSSR count). The molecule has 2 aromatic rings. The third-order valence-corrected chi connectivity index (χ3v) is 7.42. The molecule has 1 aromatic heterocycles. The van der Waals surface area contributed by atoms with Gasteiger partial charge in [-0.25, -0.2) is 8.78 Å². The zero-order valence-electron chi connectivity index (χ0n) is 20.0. The highest BCUT2D eigenvalue weighted by molar-refractivity contribution is 5.99. The fourth-order valence-electron chi connectivity index (χ4n) is 5.40. The molecule has 3 aliphatic rings. The normalized spacial score (nSPS) is 25.4. The van der Waals surface area contributed by atoms with Crippen LogP contribution in [0.4, 0.5) is 8.78 Å². The van der Waals surface area contributed by atoms with Gasteiger partial charge in [0.05, 0.1) is 25.9 Å². The Morgan fingerprint density at radius 3 is 2.64 bits per heavy atom. The number of benzene rings is 1. The van der Waals surface area contributed by atoms with Crippen LogP contribution in [0, 0.1) is 18.6 Å². The van der Waals surface area contributed by atoms with Gasteiger partial charge in [0.2, 0.25) is 5.43 Å². The number of pyridine rings is 1. The van der Waals surface area contributed by atoms with Crippen LogP contribution in [-0.2, 0) is 16.0 Å². The van der Waals surface area contributed by atoms with Crippen LogP contribution in [0.25, 0.3) is 0 Å². The van der Waals surface area contributed by atoms with Gasteiger partial charge in [-0.1, -0.05) is 0 Å². The summed E-state index contributed by atoms with van der Waals surface area (Å²) in [6.45, 7) is 4.21. The molecule has 11 heteroatoms. The maximum Gasteiger partial charge on any atom is 0.274 e. The van der Waals surface area contributed by atoms with Crippen molar-refractivity contribution in [3.63, 3.8) is 0 Å². The summed E-state index contributed by atoms with van der Waals surface area (Å²) in [7, 11) is 0. The summed E-state index contributed by atoms with van der Waals surface area (Å²) in [6, 6.07) is 1.59. The van der Waals surface area contributed by atoms with Gasteiger partial charge in [-0.3, -0.25) is 14.4 Å². The van der Waals surface area contributed by atoms with Gasteiger partial charge in [-0.05, 0) is 44.4 Å². The number of ether oxygens (including phenoxy) is 2. The number of nitrogens with zero attached hydrogens (tertiary/aromatic N) is 2. The molecule has 2 bridgehead atoms. The van der Waals surface area contributed by atoms with E-state index in [-0.39, 0.29) is 30.5 Å². The Morgan fingerprint density at radius 2 is 1.97 bits per heavy atom. The molecule has 2 fully saturated rings. The quantitative estimate of drug-likeness (QED) is 0.664. The van der Waals surface area contributed by atoms with Crippen LogP contribution >= 0.6 is 0 Å². The molecular formula is C25H27F2N3O6. The molecule has 0 saturated carbocycles. The molecule has 2 amide bonds. The highest BCUT2D eigenvalue weighted by Crippen LogP contribution is 2.43. The van der Waals surface area contributed by atoms with Crippen LogP contribution in [0.3, 0.4) is 0 Å². The zero-order chi connectivity index (χ0) is 25.8. The SMILES string of the molecule is Cc1cc(F)c(CNC(=O)c2cn3c(c(O)c2=O)C(=O)N2C[C@@H]3[C@@]3(CC[C@@H]2C)COCCO3)c(F)c1. The molecule has 4 heterocycles. The average molecular weight is 504 g/mol. The van der Waals surface area contributed by atoms with Gasteiger partial charge in [0, 0.05) is 30.9 Å². The van der Waals surface area contributed by atoms with Crippen LogP contribution in [-0.4, -0.2) is 64.4 Å². The minimum absolute atomic E-state index is 0.157. The number of amides is 2. The molecule has 1 aromatic carbocycles. The van der Waals surface area contributed by atoms with Gasteiger partial charge < -0.3 is 29.4 Å². The number of nitrogens with one attached hydrogen (secondary N) is 1. The van der Waals surface area contributed by atoms with Crippen molar-refractivity contribution in [3.8, 4) is 5.75 Å². The van der Waals surface area contributed by atoms with E-state index < -0.39 is 58.4 Å². The third-order valence-electron chi connectivity index (χ3n) is 7.42. The summed E-state index contributed by atoms with van der Waals surface area (Å²) >= 11 is 0. The van der Waals surface area contributed by atoms with E-state index in [9.17, 15) is 28.3 Å². The Kier molecular flexibility index (Phi) is 6.08. The first-order chi connectivity index (χ1) is 17.1. The number of aromatic hydroxyl groups is 1. The molecule has 0 unspecified atom stereocenters. The molecule has 1 spiro atoms. The minimum Gasteiger partial charge on any atom is -0.503 e. The van der Waals surface area contributed by atoms with E-state index in [1.807, 2.05) is 6.92 Å². The third kappa shape index (κ3) is 3.86. The first kappa shape index (κ1) is 24.4. The van der Waals surface area contributed by atoms with Crippen molar-refractivity contribution in [3.05, 3.63) is 62.6 Å². The number of hydrogen-bond acceptors (Lipinski definition) is 6. The number of halogens is 2. The second-order valence-electron chi connectivity index (χ2n) is 9.69. The summed E-state index contributed by atoms with van der Waals surface area (Å²) in [5, 5.41) is 13.2. The molecule has 192 valence electrons. The minimum atomic E-state index is -1.04. The Hall–Kier alpha value is -3.31. The molecule has 2 N–H and O–H groups in total. The summed E-state index contributed by atoms with van der Waals surface area (Å²) in [4.78, 5) is 40.8. The lowest BCUT2D eigenvalue weighted by atomic mass is 9.88. The molecule has 0 aliphatic carbocycles. The lowest BCUT2D eigenvalue weighted by molar-refractivity contribution is -0.182. The monoisotopic (exact) mass is 503 g/mol. The topological polar surface area (TPSA) is 110 Å². The van der Waals surface area contributed by atoms with E-state index in [2.05, 4.69) is 5.32 Å². The van der Waals surface area contributed by atoms with Crippen LogP contribution in [0.5, 0.6) is 5.75 Å². The number of aromatic nitrogens is 1. The number of rotatable bonds is 3. The highest BCUT2D eigenvalue weighted by Gasteiger charge is 2.51. The first-order valence-corrected chi connectivity index (χ1v) is 11.9. The average Bonchev–Trinajstić information content (AvgIpc) is 2.95. The molecule has 3 aliphatic heterocycles. The fourth-order valence-corrected chi connectivity index (χ4v) is 5.40. The standard InChI is InChI=1S/C25H27F2N3O6/c1-13-7-17(26)15(18(27)8-13)9-28-23(33)16-10-30-19-11-29(24(34)20(30)22(32)21(16)31)14(2)3-4-25(19)12-35-5-6-36-25/h7-8,10,14,19,32H,3-6,9,11-12H2,1-2H3,(H,28,33)/t14-,19+,25+/m0/s1. The molecular weight excluding hydrogens is 476 g/mol. The van der Waals surface area contributed by atoms with Crippen LogP contribution in [0.2, 0.25) is 0 Å². The van der Waals surface area contributed by atoms with E-state index in [0.29, 0.717) is 31.6 Å². The molecule has 36 heavy (non-hydrogen) atoms. The Balaban J connectivity index is 1.55. The molecule has 0 radical (unpaired) electrons. The summed E-state index contributed by atoms with van der Waals surface area (Å²) < 4.78 is 41.8. The van der Waals surface area contributed by atoms with E-state index in [1.165, 1.54) is 17.7 Å². The van der Waals surface area contributed by atoms with Crippen molar-refractivity contribution in [2.24, 2.45) is 0 Å². The van der Waals surface area contributed by atoms with Crippen LogP contribution in [0.1, 0.15) is 57.8 Å². The number of fused-ring (bicyclic) bond motifs is 5. The Bertz CT molecular complexity index is 1280. The van der Waals surface area contributed by atoms with Gasteiger partial charge >= 0.3 is 0 Å². The van der Waals surface area contributed by atoms with E-state index in [1.54, 1.807) is 4.90 Å². The summed E-state index contributed by atoms with van der Waals surface area (Å²) in [5.74, 6) is -3.95. The maximum atomic E-state index is 14.2. The van der Waals surface area contributed by atoms with Gasteiger partial charge in [-0.15, -0.1) is 0 Å². The van der Waals surface area contributed by atoms with Crippen molar-refractivity contribution >= 4 is 11.8 Å². The van der Waals surface area contributed by atoms with E-state index >= 15 is 0 Å². The van der Waals surface area contributed by atoms with Gasteiger partial charge in [0.15, 0.2) is 11.4 Å². The van der Waals surface area contributed by atoms with Gasteiger partial charge in [-0.2, -0.15) is 0 Å². The predicted molar refractivity (Wildman–Crippen MR) is 123 cm³/mol. The van der Waals surface area contributed by atoms with Gasteiger partial charge in [0.25, 0.3) is 11.8 Å². The van der Waals surface area contributed by atoms with E-state index in [0.717, 1.165) is 12.1 Å². The van der Waals surface area contributed by atoms with Crippen LogP contribution < -0.4 is 10.7 Å². The maximum absolute atomic E-state index is 14.2. The predicted octanol–water partition coefficient (Wildman–Crippen LogP) is 2.04. The Labute approximate surface area is 205 Å².